The Bertz CT molecular complexity index is 129. The van der Waals surface area contributed by atoms with Crippen molar-refractivity contribution in [2.45, 2.75) is 71.1 Å². The summed E-state index contributed by atoms with van der Waals surface area (Å²) in [7, 11) is 0. The highest BCUT2D eigenvalue weighted by Gasteiger charge is 1.90. The van der Waals surface area contributed by atoms with Crippen molar-refractivity contribution in [2.75, 3.05) is 5.88 Å². The summed E-state index contributed by atoms with van der Waals surface area (Å²) in [5, 5.41) is 0. The van der Waals surface area contributed by atoms with Gasteiger partial charge < -0.3 is 0 Å². The highest BCUT2D eigenvalue weighted by atomic mass is 35.5. The molecule has 0 unspecified atom stereocenters. The first-order chi connectivity index (χ1) is 7.41. The normalized spacial score (nSPS) is 11.3. The molecule has 0 amide bonds. The van der Waals surface area contributed by atoms with Gasteiger partial charge in [-0.1, -0.05) is 64.0 Å². The minimum atomic E-state index is 0.758. The van der Waals surface area contributed by atoms with Crippen LogP contribution in [0.5, 0.6) is 0 Å². The largest absolute Gasteiger partial charge is 0.126 e. The van der Waals surface area contributed by atoms with E-state index in [2.05, 4.69) is 19.1 Å². The van der Waals surface area contributed by atoms with Gasteiger partial charge in [0.25, 0.3) is 0 Å². The van der Waals surface area contributed by atoms with Crippen LogP contribution in [0, 0.1) is 0 Å². The topological polar surface area (TPSA) is 0 Å². The lowest BCUT2D eigenvalue weighted by atomic mass is 10.1. The second kappa shape index (κ2) is 14.0. The molecule has 0 aromatic rings. The maximum Gasteiger partial charge on any atom is 0.0257 e. The summed E-state index contributed by atoms with van der Waals surface area (Å²) in [6, 6.07) is 0. The van der Waals surface area contributed by atoms with Crippen LogP contribution in [0.15, 0.2) is 12.2 Å². The van der Waals surface area contributed by atoms with E-state index < -0.39 is 0 Å². The first-order valence-electron chi connectivity index (χ1n) is 6.62. The van der Waals surface area contributed by atoms with Crippen LogP contribution in [0.3, 0.4) is 0 Å². The number of hydrogen-bond acceptors (Lipinski definition) is 0. The Kier molecular flexibility index (Phi) is 14.1. The minimum absolute atomic E-state index is 0.758. The van der Waals surface area contributed by atoms with Gasteiger partial charge in [-0.25, -0.2) is 0 Å². The zero-order chi connectivity index (χ0) is 11.2. The van der Waals surface area contributed by atoms with Crippen molar-refractivity contribution in [3.05, 3.63) is 12.2 Å². The number of allylic oxidation sites excluding steroid dienone is 2. The first kappa shape index (κ1) is 15.0. The van der Waals surface area contributed by atoms with Crippen LogP contribution in [0.25, 0.3) is 0 Å². The molecular weight excluding hydrogens is 204 g/mol. The van der Waals surface area contributed by atoms with Crippen molar-refractivity contribution in [1.82, 2.24) is 0 Å². The van der Waals surface area contributed by atoms with Gasteiger partial charge in [0, 0.05) is 5.88 Å². The molecule has 0 radical (unpaired) electrons. The van der Waals surface area contributed by atoms with Gasteiger partial charge in [-0.15, -0.1) is 11.6 Å². The van der Waals surface area contributed by atoms with Crippen molar-refractivity contribution < 1.29 is 0 Å². The summed E-state index contributed by atoms with van der Waals surface area (Å²) >= 11 is 5.57. The quantitative estimate of drug-likeness (QED) is 0.243. The molecule has 0 aliphatic heterocycles. The van der Waals surface area contributed by atoms with E-state index in [-0.39, 0.29) is 0 Å². The van der Waals surface area contributed by atoms with Crippen LogP contribution in [0.2, 0.25) is 0 Å². The van der Waals surface area contributed by atoms with E-state index in [1.807, 2.05) is 0 Å². The monoisotopic (exact) mass is 230 g/mol. The van der Waals surface area contributed by atoms with Crippen molar-refractivity contribution in [1.29, 1.82) is 0 Å². The molecule has 0 heterocycles. The van der Waals surface area contributed by atoms with Gasteiger partial charge in [0.05, 0.1) is 0 Å². The predicted octanol–water partition coefficient (Wildman–Crippen LogP) is 5.70. The lowest BCUT2D eigenvalue weighted by Gasteiger charge is -1.99. The van der Waals surface area contributed by atoms with Crippen molar-refractivity contribution >= 4 is 11.6 Å². The van der Waals surface area contributed by atoms with E-state index in [0.717, 1.165) is 12.3 Å². The van der Waals surface area contributed by atoms with E-state index in [9.17, 15) is 0 Å². The van der Waals surface area contributed by atoms with Gasteiger partial charge in [0.15, 0.2) is 0 Å². The summed E-state index contributed by atoms with van der Waals surface area (Å²) in [5.74, 6) is 0.758. The van der Waals surface area contributed by atoms with E-state index in [4.69, 9.17) is 11.6 Å². The number of unbranched alkanes of at least 4 members (excludes halogenated alkanes) is 8. The number of rotatable bonds is 11. The van der Waals surface area contributed by atoms with Crippen molar-refractivity contribution in [2.24, 2.45) is 0 Å². The second-order valence-electron chi connectivity index (χ2n) is 4.21. The van der Waals surface area contributed by atoms with Crippen LogP contribution in [-0.2, 0) is 0 Å². The van der Waals surface area contributed by atoms with Gasteiger partial charge in [0.1, 0.15) is 0 Å². The molecule has 0 aromatic heterocycles. The molecule has 0 aliphatic rings. The molecule has 0 rings (SSSR count). The zero-order valence-corrected chi connectivity index (χ0v) is 11.1. The molecule has 0 fully saturated rings. The Balaban J connectivity index is 2.92. The zero-order valence-electron chi connectivity index (χ0n) is 10.3. The predicted molar refractivity (Wildman–Crippen MR) is 71.7 cm³/mol. The molecule has 0 N–H and O–H groups in total. The molecule has 0 bridgehead atoms. The maximum atomic E-state index is 5.57. The third-order valence-corrected chi connectivity index (χ3v) is 2.89. The molecular formula is C14H27Cl. The fraction of sp³-hybridized carbons (Fsp3) is 0.857. The molecule has 0 saturated carbocycles. The van der Waals surface area contributed by atoms with Crippen LogP contribution in [-0.4, -0.2) is 5.88 Å². The van der Waals surface area contributed by atoms with Gasteiger partial charge >= 0.3 is 0 Å². The summed E-state index contributed by atoms with van der Waals surface area (Å²) < 4.78 is 0. The second-order valence-corrected chi connectivity index (χ2v) is 4.59. The van der Waals surface area contributed by atoms with E-state index in [1.165, 1.54) is 57.8 Å². The van der Waals surface area contributed by atoms with E-state index in [0.29, 0.717) is 0 Å². The Hall–Kier alpha value is 0.0300. The third kappa shape index (κ3) is 14.0. The summed E-state index contributed by atoms with van der Waals surface area (Å²) in [5.41, 5.74) is 0. The molecule has 0 aliphatic carbocycles. The minimum Gasteiger partial charge on any atom is -0.126 e. The van der Waals surface area contributed by atoms with Gasteiger partial charge in [0.2, 0.25) is 0 Å². The Labute approximate surface area is 101 Å². The number of alkyl halides is 1. The average molecular weight is 231 g/mol. The van der Waals surface area contributed by atoms with E-state index in [1.54, 1.807) is 0 Å². The number of halogens is 1. The molecule has 0 atom stereocenters. The molecule has 15 heavy (non-hydrogen) atoms. The van der Waals surface area contributed by atoms with Gasteiger partial charge in [-0.3, -0.25) is 0 Å². The standard InChI is InChI=1S/C14H27Cl/c1-2-3-4-5-6-7-8-9-10-11-12-13-14-15/h11-12H,2-10,13-14H2,1H3/b12-11-. The Morgan fingerprint density at radius 2 is 1.27 bits per heavy atom. The summed E-state index contributed by atoms with van der Waals surface area (Å²) in [6.07, 6.45) is 18.0. The van der Waals surface area contributed by atoms with Gasteiger partial charge in [-0.2, -0.15) is 0 Å². The highest BCUT2D eigenvalue weighted by molar-refractivity contribution is 6.17. The lowest BCUT2D eigenvalue weighted by molar-refractivity contribution is 0.577. The highest BCUT2D eigenvalue weighted by Crippen LogP contribution is 2.09. The van der Waals surface area contributed by atoms with Crippen LogP contribution >= 0.6 is 11.6 Å². The fourth-order valence-electron chi connectivity index (χ4n) is 1.69. The maximum absolute atomic E-state index is 5.57. The fourth-order valence-corrected chi connectivity index (χ4v) is 1.82. The first-order valence-corrected chi connectivity index (χ1v) is 7.16. The van der Waals surface area contributed by atoms with Crippen molar-refractivity contribution in [3.8, 4) is 0 Å². The Morgan fingerprint density at radius 3 is 1.87 bits per heavy atom. The van der Waals surface area contributed by atoms with Crippen LogP contribution in [0.1, 0.15) is 71.1 Å². The molecule has 0 aromatic carbocycles. The average Bonchev–Trinajstić information content (AvgIpc) is 2.26. The molecule has 0 nitrogen and oxygen atoms in total. The third-order valence-electron chi connectivity index (χ3n) is 2.67. The van der Waals surface area contributed by atoms with E-state index >= 15 is 0 Å². The van der Waals surface area contributed by atoms with Crippen LogP contribution in [0.4, 0.5) is 0 Å². The number of hydrogen-bond donors (Lipinski definition) is 0. The molecule has 0 spiro atoms. The molecule has 0 saturated heterocycles. The summed E-state index contributed by atoms with van der Waals surface area (Å²) in [6.45, 7) is 2.27. The SMILES string of the molecule is CCCCCCCCCC/C=C\CCCl. The molecule has 1 heteroatoms. The van der Waals surface area contributed by atoms with Crippen molar-refractivity contribution in [3.63, 3.8) is 0 Å². The lowest BCUT2D eigenvalue weighted by Crippen LogP contribution is -1.80. The molecule has 90 valence electrons. The smallest absolute Gasteiger partial charge is 0.0257 e. The summed E-state index contributed by atoms with van der Waals surface area (Å²) in [4.78, 5) is 0. The Morgan fingerprint density at radius 1 is 0.733 bits per heavy atom. The van der Waals surface area contributed by atoms with Crippen LogP contribution < -0.4 is 0 Å². The van der Waals surface area contributed by atoms with Gasteiger partial charge in [-0.05, 0) is 19.3 Å².